The normalized spacial score (nSPS) is 11.7. The van der Waals surface area contributed by atoms with E-state index in [1.165, 1.54) is 12.1 Å². The van der Waals surface area contributed by atoms with Crippen molar-refractivity contribution in [3.63, 3.8) is 0 Å². The lowest BCUT2D eigenvalue weighted by molar-refractivity contribution is 0.167. The van der Waals surface area contributed by atoms with Crippen LogP contribution in [-0.2, 0) is 6.54 Å². The molecule has 23 heavy (non-hydrogen) atoms. The summed E-state index contributed by atoms with van der Waals surface area (Å²) in [6.07, 6.45) is -0.242. The molecule has 2 amide bonds. The molecule has 2 aromatic carbocycles. The third-order valence-electron chi connectivity index (χ3n) is 3.35. The molecule has 4 N–H and O–H groups in total. The number of nitrogens with one attached hydrogen (secondary N) is 2. The van der Waals surface area contributed by atoms with Crippen LogP contribution in [0.4, 0.5) is 9.18 Å². The number of aromatic hydroxyl groups is 1. The molecule has 2 aromatic rings. The Balaban J connectivity index is 1.70. The van der Waals surface area contributed by atoms with E-state index in [2.05, 4.69) is 10.6 Å². The average molecular weight is 318 g/mol. The fourth-order valence-electron chi connectivity index (χ4n) is 2.07. The van der Waals surface area contributed by atoms with Gasteiger partial charge in [-0.3, -0.25) is 0 Å². The lowest BCUT2D eigenvalue weighted by atomic mass is 10.1. The van der Waals surface area contributed by atoms with E-state index in [-0.39, 0.29) is 6.54 Å². The third kappa shape index (κ3) is 5.27. The number of urea groups is 1. The molecule has 0 aromatic heterocycles. The van der Waals surface area contributed by atoms with E-state index in [1.807, 2.05) is 30.3 Å². The zero-order valence-corrected chi connectivity index (χ0v) is 12.5. The summed E-state index contributed by atoms with van der Waals surface area (Å²) in [5.74, 6) is -1.15. The number of carbonyl (C=O) groups is 1. The molecule has 0 bridgehead atoms. The van der Waals surface area contributed by atoms with Gasteiger partial charge in [-0.05, 0) is 29.7 Å². The molecular formula is C17H19FN2O3. The number of aliphatic hydroxyl groups excluding tert-OH is 1. The number of benzene rings is 2. The predicted octanol–water partition coefficient (Wildman–Crippen LogP) is 2.45. The van der Waals surface area contributed by atoms with E-state index in [4.69, 9.17) is 5.11 Å². The molecule has 0 heterocycles. The number of hydrogen-bond donors (Lipinski definition) is 4. The number of phenols is 1. The highest BCUT2D eigenvalue weighted by molar-refractivity contribution is 5.73. The first-order valence-corrected chi connectivity index (χ1v) is 7.28. The topological polar surface area (TPSA) is 81.6 Å². The molecule has 6 heteroatoms. The van der Waals surface area contributed by atoms with Gasteiger partial charge in [-0.2, -0.15) is 0 Å². The Kier molecular flexibility index (Phi) is 5.94. The fourth-order valence-corrected chi connectivity index (χ4v) is 2.07. The van der Waals surface area contributed by atoms with E-state index in [0.717, 1.165) is 11.6 Å². The maximum atomic E-state index is 13.2. The molecule has 0 fully saturated rings. The number of carbonyl (C=O) groups excluding carboxylic acids is 1. The van der Waals surface area contributed by atoms with Crippen molar-refractivity contribution in [3.8, 4) is 5.75 Å². The van der Waals surface area contributed by atoms with Crippen LogP contribution < -0.4 is 10.6 Å². The minimum absolute atomic E-state index is 0.143. The Bertz CT molecular complexity index is 650. The lowest BCUT2D eigenvalue weighted by Gasteiger charge is -2.12. The van der Waals surface area contributed by atoms with Crippen molar-refractivity contribution in [1.82, 2.24) is 10.6 Å². The van der Waals surface area contributed by atoms with E-state index in [9.17, 15) is 14.3 Å². The highest BCUT2D eigenvalue weighted by atomic mass is 19.1. The first-order valence-electron chi connectivity index (χ1n) is 7.28. The molecule has 0 spiro atoms. The number of amides is 2. The largest absolute Gasteiger partial charge is 0.505 e. The Hall–Kier alpha value is -2.60. The minimum atomic E-state index is -0.726. The van der Waals surface area contributed by atoms with Gasteiger partial charge >= 0.3 is 6.03 Å². The SMILES string of the molecule is O=C(NCCC(O)c1ccccc1)NCc1ccc(O)c(F)c1. The lowest BCUT2D eigenvalue weighted by Crippen LogP contribution is -2.36. The monoisotopic (exact) mass is 318 g/mol. The van der Waals surface area contributed by atoms with Gasteiger partial charge in [0.2, 0.25) is 0 Å². The zero-order chi connectivity index (χ0) is 16.7. The van der Waals surface area contributed by atoms with Crippen molar-refractivity contribution < 1.29 is 19.4 Å². The molecule has 2 rings (SSSR count). The second-order valence-electron chi connectivity index (χ2n) is 5.11. The summed E-state index contributed by atoms with van der Waals surface area (Å²) in [4.78, 5) is 11.6. The Morgan fingerprint density at radius 2 is 1.87 bits per heavy atom. The van der Waals surface area contributed by atoms with Crippen molar-refractivity contribution in [2.45, 2.75) is 19.1 Å². The molecule has 0 aliphatic carbocycles. The summed E-state index contributed by atoms with van der Waals surface area (Å²) < 4.78 is 13.2. The van der Waals surface area contributed by atoms with Gasteiger partial charge < -0.3 is 20.8 Å². The van der Waals surface area contributed by atoms with Crippen LogP contribution in [0, 0.1) is 5.82 Å². The first kappa shape index (κ1) is 16.8. The summed E-state index contributed by atoms with van der Waals surface area (Å²) in [5.41, 5.74) is 1.34. The van der Waals surface area contributed by atoms with Crippen LogP contribution in [0.1, 0.15) is 23.7 Å². The predicted molar refractivity (Wildman–Crippen MR) is 84.3 cm³/mol. The Labute approximate surface area is 133 Å². The summed E-state index contributed by atoms with van der Waals surface area (Å²) in [6.45, 7) is 0.454. The van der Waals surface area contributed by atoms with Crippen molar-refractivity contribution in [1.29, 1.82) is 0 Å². The maximum Gasteiger partial charge on any atom is 0.315 e. The van der Waals surface area contributed by atoms with Gasteiger partial charge in [-0.25, -0.2) is 9.18 Å². The Morgan fingerprint density at radius 3 is 2.57 bits per heavy atom. The van der Waals surface area contributed by atoms with Gasteiger partial charge in [0.05, 0.1) is 6.10 Å². The molecule has 1 unspecified atom stereocenters. The van der Waals surface area contributed by atoms with Crippen LogP contribution in [0.3, 0.4) is 0 Å². The standard InChI is InChI=1S/C17H19FN2O3/c18-14-10-12(6-7-16(14)22)11-20-17(23)19-9-8-15(21)13-4-2-1-3-5-13/h1-7,10,15,21-22H,8-9,11H2,(H2,19,20,23). The summed E-state index contributed by atoms with van der Waals surface area (Å²) >= 11 is 0. The maximum absolute atomic E-state index is 13.2. The van der Waals surface area contributed by atoms with Crippen molar-refractivity contribution in [3.05, 3.63) is 65.5 Å². The van der Waals surface area contributed by atoms with Crippen LogP contribution in [0.25, 0.3) is 0 Å². The van der Waals surface area contributed by atoms with Gasteiger partial charge in [0, 0.05) is 13.1 Å². The summed E-state index contributed by atoms with van der Waals surface area (Å²) in [5, 5.41) is 24.3. The fraction of sp³-hybridized carbons (Fsp3) is 0.235. The van der Waals surface area contributed by atoms with Gasteiger partial charge in [0.1, 0.15) is 0 Å². The van der Waals surface area contributed by atoms with Crippen LogP contribution >= 0.6 is 0 Å². The molecule has 0 aliphatic rings. The van der Waals surface area contributed by atoms with E-state index < -0.39 is 23.7 Å². The van der Waals surface area contributed by atoms with Gasteiger partial charge in [-0.1, -0.05) is 36.4 Å². The molecule has 1 atom stereocenters. The smallest absolute Gasteiger partial charge is 0.315 e. The number of rotatable bonds is 6. The van der Waals surface area contributed by atoms with E-state index in [0.29, 0.717) is 18.5 Å². The number of phenolic OH excluding ortho intramolecular Hbond substituents is 1. The van der Waals surface area contributed by atoms with Crippen molar-refractivity contribution >= 4 is 6.03 Å². The van der Waals surface area contributed by atoms with Crippen molar-refractivity contribution in [2.24, 2.45) is 0 Å². The Morgan fingerprint density at radius 1 is 1.13 bits per heavy atom. The molecule has 0 saturated heterocycles. The molecule has 0 radical (unpaired) electrons. The second kappa shape index (κ2) is 8.14. The molecular weight excluding hydrogens is 299 g/mol. The molecule has 0 saturated carbocycles. The second-order valence-corrected chi connectivity index (χ2v) is 5.11. The minimum Gasteiger partial charge on any atom is -0.505 e. The van der Waals surface area contributed by atoms with Crippen LogP contribution in [0.2, 0.25) is 0 Å². The quantitative estimate of drug-likeness (QED) is 0.660. The number of halogens is 1. The van der Waals surface area contributed by atoms with Gasteiger partial charge in [0.15, 0.2) is 11.6 Å². The highest BCUT2D eigenvalue weighted by Gasteiger charge is 2.08. The van der Waals surface area contributed by atoms with E-state index in [1.54, 1.807) is 0 Å². The molecule has 0 aliphatic heterocycles. The molecule has 5 nitrogen and oxygen atoms in total. The highest BCUT2D eigenvalue weighted by Crippen LogP contribution is 2.16. The number of hydrogen-bond acceptors (Lipinski definition) is 3. The zero-order valence-electron chi connectivity index (χ0n) is 12.5. The van der Waals surface area contributed by atoms with E-state index >= 15 is 0 Å². The van der Waals surface area contributed by atoms with Crippen LogP contribution in [0.5, 0.6) is 5.75 Å². The summed E-state index contributed by atoms with van der Waals surface area (Å²) in [6, 6.07) is 12.7. The third-order valence-corrected chi connectivity index (χ3v) is 3.35. The first-order chi connectivity index (χ1) is 11.1. The van der Waals surface area contributed by atoms with Gasteiger partial charge in [0.25, 0.3) is 0 Å². The van der Waals surface area contributed by atoms with Crippen molar-refractivity contribution in [2.75, 3.05) is 6.54 Å². The average Bonchev–Trinajstić information content (AvgIpc) is 2.56. The van der Waals surface area contributed by atoms with Crippen LogP contribution in [0.15, 0.2) is 48.5 Å². The summed E-state index contributed by atoms with van der Waals surface area (Å²) in [7, 11) is 0. The van der Waals surface area contributed by atoms with Crippen LogP contribution in [-0.4, -0.2) is 22.8 Å². The van der Waals surface area contributed by atoms with Gasteiger partial charge in [-0.15, -0.1) is 0 Å². The number of aliphatic hydroxyl groups is 1. The molecule has 122 valence electrons.